The Morgan fingerprint density at radius 1 is 1.45 bits per heavy atom. The van der Waals surface area contributed by atoms with E-state index in [0.29, 0.717) is 18.4 Å². The van der Waals surface area contributed by atoms with Crippen LogP contribution in [-0.2, 0) is 16.0 Å². The molecule has 0 radical (unpaired) electrons. The van der Waals surface area contributed by atoms with Crippen LogP contribution in [0.3, 0.4) is 0 Å². The van der Waals surface area contributed by atoms with E-state index >= 15 is 0 Å². The van der Waals surface area contributed by atoms with Gasteiger partial charge in [0.15, 0.2) is 0 Å². The first-order valence-corrected chi connectivity index (χ1v) is 7.77. The van der Waals surface area contributed by atoms with Gasteiger partial charge in [-0.1, -0.05) is 0 Å². The molecule has 0 saturated carbocycles. The van der Waals surface area contributed by atoms with E-state index in [0.717, 1.165) is 38.0 Å². The zero-order chi connectivity index (χ0) is 16.0. The third-order valence-corrected chi connectivity index (χ3v) is 3.38. The molecule has 7 heteroatoms. The van der Waals surface area contributed by atoms with Crippen molar-refractivity contribution in [1.29, 1.82) is 0 Å². The van der Waals surface area contributed by atoms with Crippen LogP contribution >= 0.6 is 0 Å². The number of rotatable bonds is 4. The normalized spacial score (nSPS) is 19.5. The Bertz CT molecular complexity index is 473. The summed E-state index contributed by atoms with van der Waals surface area (Å²) >= 11 is 0. The number of carbonyl (C=O) groups excluding carboxylic acids is 1. The smallest absolute Gasteiger partial charge is 0.413 e. The van der Waals surface area contributed by atoms with Gasteiger partial charge >= 0.3 is 6.09 Å². The van der Waals surface area contributed by atoms with Gasteiger partial charge in [-0.15, -0.1) is 0 Å². The van der Waals surface area contributed by atoms with E-state index in [-0.39, 0.29) is 0 Å². The van der Waals surface area contributed by atoms with E-state index in [1.807, 2.05) is 20.8 Å². The molecule has 2 rings (SSSR count). The van der Waals surface area contributed by atoms with Gasteiger partial charge in [0, 0.05) is 31.4 Å². The first-order chi connectivity index (χ1) is 10.4. The van der Waals surface area contributed by atoms with Crippen LogP contribution in [0.2, 0.25) is 0 Å². The molecule has 3 N–H and O–H groups in total. The molecule has 7 nitrogen and oxygen atoms in total. The van der Waals surface area contributed by atoms with Crippen LogP contribution in [0.15, 0.2) is 6.20 Å². The van der Waals surface area contributed by atoms with Crippen LogP contribution in [0.25, 0.3) is 0 Å². The number of nitrogens with zero attached hydrogens (tertiary/aromatic N) is 1. The molecular formula is C15H26N4O3. The minimum atomic E-state index is -0.525. The van der Waals surface area contributed by atoms with Crippen molar-refractivity contribution in [2.75, 3.05) is 18.5 Å². The highest BCUT2D eigenvalue weighted by atomic mass is 16.6. The number of aromatic amines is 1. The van der Waals surface area contributed by atoms with Crippen LogP contribution in [-0.4, -0.2) is 41.1 Å². The second-order valence-corrected chi connectivity index (χ2v) is 6.52. The standard InChI is InChI=1S/C15H26N4O3/c1-15(2,3)22-14(20)18-13-11(10-17-19-13)9-16-12-5-4-7-21-8-6-12/h10,12,16H,4-9H2,1-3H3,(H2,17,18,19,20). The van der Waals surface area contributed by atoms with E-state index < -0.39 is 11.7 Å². The van der Waals surface area contributed by atoms with Crippen LogP contribution in [0.4, 0.5) is 10.6 Å². The molecule has 0 spiro atoms. The van der Waals surface area contributed by atoms with Crippen LogP contribution in [0.1, 0.15) is 45.6 Å². The molecule has 0 bridgehead atoms. The molecule has 1 fully saturated rings. The zero-order valence-corrected chi connectivity index (χ0v) is 13.6. The van der Waals surface area contributed by atoms with Gasteiger partial charge in [0.1, 0.15) is 11.4 Å². The number of H-pyrrole nitrogens is 1. The Labute approximate surface area is 131 Å². The van der Waals surface area contributed by atoms with E-state index in [1.54, 1.807) is 6.20 Å². The van der Waals surface area contributed by atoms with Gasteiger partial charge in [0.2, 0.25) is 0 Å². The Morgan fingerprint density at radius 2 is 2.27 bits per heavy atom. The lowest BCUT2D eigenvalue weighted by Gasteiger charge is -2.20. The summed E-state index contributed by atoms with van der Waals surface area (Å²) in [5, 5.41) is 13.0. The summed E-state index contributed by atoms with van der Waals surface area (Å²) in [6.45, 7) is 7.77. The number of anilines is 1. The predicted octanol–water partition coefficient (Wildman–Crippen LogP) is 2.42. The highest BCUT2D eigenvalue weighted by Gasteiger charge is 2.18. The molecule has 1 aliphatic heterocycles. The highest BCUT2D eigenvalue weighted by molar-refractivity contribution is 5.84. The molecular weight excluding hydrogens is 284 g/mol. The number of carbonyl (C=O) groups is 1. The molecule has 1 amide bonds. The molecule has 1 atom stereocenters. The van der Waals surface area contributed by atoms with Crippen molar-refractivity contribution in [1.82, 2.24) is 15.5 Å². The van der Waals surface area contributed by atoms with Gasteiger partial charge in [0.05, 0.1) is 6.20 Å². The molecule has 2 heterocycles. The number of amides is 1. The largest absolute Gasteiger partial charge is 0.444 e. The second-order valence-electron chi connectivity index (χ2n) is 6.52. The van der Waals surface area contributed by atoms with Crippen molar-refractivity contribution in [2.24, 2.45) is 0 Å². The summed E-state index contributed by atoms with van der Waals surface area (Å²) in [6, 6.07) is 0.437. The van der Waals surface area contributed by atoms with Crippen LogP contribution in [0, 0.1) is 0 Å². The molecule has 1 saturated heterocycles. The van der Waals surface area contributed by atoms with E-state index in [9.17, 15) is 4.79 Å². The fourth-order valence-electron chi connectivity index (χ4n) is 2.32. The van der Waals surface area contributed by atoms with Crippen molar-refractivity contribution < 1.29 is 14.3 Å². The summed E-state index contributed by atoms with van der Waals surface area (Å²) in [4.78, 5) is 11.8. The Kier molecular flexibility index (Phi) is 5.79. The number of nitrogens with one attached hydrogen (secondary N) is 3. The molecule has 1 unspecified atom stereocenters. The lowest BCUT2D eigenvalue weighted by Crippen LogP contribution is -2.30. The fraction of sp³-hybridized carbons (Fsp3) is 0.733. The maximum atomic E-state index is 11.8. The Morgan fingerprint density at radius 3 is 3.05 bits per heavy atom. The number of hydrogen-bond donors (Lipinski definition) is 3. The summed E-state index contributed by atoms with van der Waals surface area (Å²) < 4.78 is 10.7. The molecule has 1 aromatic heterocycles. The molecule has 0 aliphatic carbocycles. The number of hydrogen-bond acceptors (Lipinski definition) is 5. The minimum Gasteiger partial charge on any atom is -0.444 e. The summed E-state index contributed by atoms with van der Waals surface area (Å²) in [5.41, 5.74) is 0.388. The van der Waals surface area contributed by atoms with Crippen molar-refractivity contribution in [3.63, 3.8) is 0 Å². The van der Waals surface area contributed by atoms with Gasteiger partial charge in [-0.2, -0.15) is 5.10 Å². The highest BCUT2D eigenvalue weighted by Crippen LogP contribution is 2.15. The van der Waals surface area contributed by atoms with Gasteiger partial charge < -0.3 is 14.8 Å². The Hall–Kier alpha value is -1.60. The average molecular weight is 310 g/mol. The van der Waals surface area contributed by atoms with Crippen molar-refractivity contribution in [3.8, 4) is 0 Å². The zero-order valence-electron chi connectivity index (χ0n) is 13.6. The van der Waals surface area contributed by atoms with E-state index in [4.69, 9.17) is 9.47 Å². The SMILES string of the molecule is CC(C)(C)OC(=O)Nc1[nH]ncc1CNC1CCCOCC1. The third-order valence-electron chi connectivity index (χ3n) is 3.38. The predicted molar refractivity (Wildman–Crippen MR) is 83.7 cm³/mol. The van der Waals surface area contributed by atoms with Gasteiger partial charge in [-0.3, -0.25) is 10.4 Å². The maximum absolute atomic E-state index is 11.8. The number of ether oxygens (including phenoxy) is 2. The molecule has 1 aliphatic rings. The van der Waals surface area contributed by atoms with Gasteiger partial charge in [-0.05, 0) is 40.0 Å². The monoisotopic (exact) mass is 310 g/mol. The summed E-state index contributed by atoms with van der Waals surface area (Å²) in [6.07, 6.45) is 4.42. The van der Waals surface area contributed by atoms with Crippen LogP contribution in [0.5, 0.6) is 0 Å². The molecule has 22 heavy (non-hydrogen) atoms. The second kappa shape index (κ2) is 7.60. The van der Waals surface area contributed by atoms with Crippen molar-refractivity contribution in [3.05, 3.63) is 11.8 Å². The minimum absolute atomic E-state index is 0.437. The third kappa shape index (κ3) is 5.65. The summed E-state index contributed by atoms with van der Waals surface area (Å²) in [7, 11) is 0. The molecule has 0 aromatic carbocycles. The fourth-order valence-corrected chi connectivity index (χ4v) is 2.32. The Balaban J connectivity index is 1.85. The lowest BCUT2D eigenvalue weighted by molar-refractivity contribution is 0.0635. The first kappa shape index (κ1) is 16.8. The van der Waals surface area contributed by atoms with Crippen LogP contribution < -0.4 is 10.6 Å². The number of aromatic nitrogens is 2. The molecule has 124 valence electrons. The van der Waals surface area contributed by atoms with Gasteiger partial charge in [0.25, 0.3) is 0 Å². The summed E-state index contributed by atoms with van der Waals surface area (Å²) in [5.74, 6) is 0.576. The van der Waals surface area contributed by atoms with Crippen molar-refractivity contribution in [2.45, 2.75) is 58.2 Å². The maximum Gasteiger partial charge on any atom is 0.413 e. The van der Waals surface area contributed by atoms with Gasteiger partial charge in [-0.25, -0.2) is 4.79 Å². The van der Waals surface area contributed by atoms with Crippen molar-refractivity contribution >= 4 is 11.9 Å². The quantitative estimate of drug-likeness (QED) is 0.795. The first-order valence-electron chi connectivity index (χ1n) is 7.77. The molecule has 1 aromatic rings. The average Bonchev–Trinajstić information content (AvgIpc) is 2.69. The lowest BCUT2D eigenvalue weighted by atomic mass is 10.1. The van der Waals surface area contributed by atoms with E-state index in [2.05, 4.69) is 20.8 Å². The van der Waals surface area contributed by atoms with E-state index in [1.165, 1.54) is 0 Å². The topological polar surface area (TPSA) is 88.3 Å².